The topological polar surface area (TPSA) is 56.8 Å². The highest BCUT2D eigenvalue weighted by Gasteiger charge is 2.20. The lowest BCUT2D eigenvalue weighted by Crippen LogP contribution is -2.27. The van der Waals surface area contributed by atoms with E-state index in [1.807, 2.05) is 38.1 Å². The second kappa shape index (κ2) is 7.73. The first kappa shape index (κ1) is 17.7. The van der Waals surface area contributed by atoms with E-state index >= 15 is 0 Å². The molecule has 2 rings (SSSR count). The van der Waals surface area contributed by atoms with Crippen LogP contribution in [0, 0.1) is 6.92 Å². The van der Waals surface area contributed by atoms with Gasteiger partial charge in [-0.05, 0) is 25.0 Å². The first-order valence-corrected chi connectivity index (χ1v) is 7.68. The van der Waals surface area contributed by atoms with E-state index in [0.717, 1.165) is 11.1 Å². The molecule has 0 aliphatic heterocycles. The molecule has 5 nitrogen and oxygen atoms in total. The van der Waals surface area contributed by atoms with Crippen molar-refractivity contribution in [2.24, 2.45) is 0 Å². The van der Waals surface area contributed by atoms with Crippen LogP contribution in [0.5, 0.6) is 17.2 Å². The van der Waals surface area contributed by atoms with Crippen LogP contribution in [0.2, 0.25) is 0 Å². The van der Waals surface area contributed by atoms with E-state index in [2.05, 4.69) is 5.32 Å². The summed E-state index contributed by atoms with van der Waals surface area (Å²) in [7, 11) is 4.59. The number of methoxy groups -OCH3 is 3. The Balaban J connectivity index is 2.30. The van der Waals surface area contributed by atoms with Crippen LogP contribution < -0.4 is 19.5 Å². The van der Waals surface area contributed by atoms with Crippen LogP contribution in [0.3, 0.4) is 0 Å². The van der Waals surface area contributed by atoms with E-state index in [4.69, 9.17) is 14.2 Å². The van der Waals surface area contributed by atoms with Crippen molar-refractivity contribution >= 4 is 5.91 Å². The second-order valence-electron chi connectivity index (χ2n) is 5.46. The summed E-state index contributed by atoms with van der Waals surface area (Å²) in [6, 6.07) is 11.1. The van der Waals surface area contributed by atoms with Crippen molar-refractivity contribution < 1.29 is 19.0 Å². The van der Waals surface area contributed by atoms with Gasteiger partial charge in [0.1, 0.15) is 5.75 Å². The number of ether oxygens (including phenoxy) is 3. The number of benzene rings is 2. The van der Waals surface area contributed by atoms with Crippen molar-refractivity contribution in [1.82, 2.24) is 5.32 Å². The second-order valence-corrected chi connectivity index (χ2v) is 5.46. The summed E-state index contributed by atoms with van der Waals surface area (Å²) < 4.78 is 15.8. The highest BCUT2D eigenvalue weighted by atomic mass is 16.5. The molecule has 0 aliphatic carbocycles. The van der Waals surface area contributed by atoms with E-state index in [1.54, 1.807) is 12.1 Å². The lowest BCUT2D eigenvalue weighted by atomic mass is 10.0. The monoisotopic (exact) mass is 329 g/mol. The molecule has 24 heavy (non-hydrogen) atoms. The highest BCUT2D eigenvalue weighted by molar-refractivity contribution is 5.98. The van der Waals surface area contributed by atoms with Crippen molar-refractivity contribution in [2.75, 3.05) is 21.3 Å². The summed E-state index contributed by atoms with van der Waals surface area (Å²) in [5.41, 5.74) is 2.60. The molecule has 2 aromatic carbocycles. The maximum Gasteiger partial charge on any atom is 0.255 e. The fraction of sp³-hybridized carbons (Fsp3) is 0.316. The Kier molecular flexibility index (Phi) is 5.68. The molecule has 1 atom stereocenters. The Morgan fingerprint density at radius 1 is 0.958 bits per heavy atom. The SMILES string of the molecule is COc1cc(OC)c(C(=O)N[C@H](C)c2ccccc2C)cc1OC. The normalized spacial score (nSPS) is 11.5. The minimum absolute atomic E-state index is 0.128. The lowest BCUT2D eigenvalue weighted by Gasteiger charge is -2.18. The van der Waals surface area contributed by atoms with Crippen LogP contribution in [0.25, 0.3) is 0 Å². The first-order valence-electron chi connectivity index (χ1n) is 7.68. The number of amides is 1. The summed E-state index contributed by atoms with van der Waals surface area (Å²) in [4.78, 5) is 12.7. The van der Waals surface area contributed by atoms with Crippen molar-refractivity contribution in [3.8, 4) is 17.2 Å². The van der Waals surface area contributed by atoms with E-state index in [-0.39, 0.29) is 11.9 Å². The Hall–Kier alpha value is -2.69. The zero-order chi connectivity index (χ0) is 17.7. The summed E-state index contributed by atoms with van der Waals surface area (Å²) in [5, 5.41) is 3.00. The Morgan fingerprint density at radius 2 is 1.54 bits per heavy atom. The zero-order valence-corrected chi connectivity index (χ0v) is 14.7. The standard InChI is InChI=1S/C19H23NO4/c1-12-8-6-7-9-14(12)13(2)20-19(21)15-10-17(23-4)18(24-5)11-16(15)22-3/h6-11,13H,1-5H3,(H,20,21)/t13-/m1/s1. The van der Waals surface area contributed by atoms with E-state index < -0.39 is 0 Å². The molecule has 2 aromatic rings. The number of hydrogen-bond donors (Lipinski definition) is 1. The summed E-state index contributed by atoms with van der Waals surface area (Å²) >= 11 is 0. The van der Waals surface area contributed by atoms with Crippen molar-refractivity contribution in [1.29, 1.82) is 0 Å². The quantitative estimate of drug-likeness (QED) is 0.881. The maximum atomic E-state index is 12.7. The van der Waals surface area contributed by atoms with Gasteiger partial charge in [0.15, 0.2) is 11.5 Å². The Labute approximate surface area is 142 Å². The number of aryl methyl sites for hydroxylation is 1. The molecular weight excluding hydrogens is 306 g/mol. The number of carbonyl (C=O) groups excluding carboxylic acids is 1. The molecule has 0 bridgehead atoms. The third-order valence-electron chi connectivity index (χ3n) is 3.95. The molecule has 1 N–H and O–H groups in total. The van der Waals surface area contributed by atoms with Gasteiger partial charge in [-0.25, -0.2) is 0 Å². The highest BCUT2D eigenvalue weighted by Crippen LogP contribution is 2.34. The maximum absolute atomic E-state index is 12.7. The van der Waals surface area contributed by atoms with Crippen LogP contribution in [-0.4, -0.2) is 27.2 Å². The lowest BCUT2D eigenvalue weighted by molar-refractivity contribution is 0.0936. The van der Waals surface area contributed by atoms with Gasteiger partial charge < -0.3 is 19.5 Å². The van der Waals surface area contributed by atoms with Gasteiger partial charge in [-0.2, -0.15) is 0 Å². The average Bonchev–Trinajstić information content (AvgIpc) is 2.60. The van der Waals surface area contributed by atoms with Gasteiger partial charge in [-0.1, -0.05) is 24.3 Å². The molecule has 0 saturated carbocycles. The van der Waals surface area contributed by atoms with Gasteiger partial charge in [0.05, 0.1) is 32.9 Å². The number of carbonyl (C=O) groups is 1. The molecule has 0 aromatic heterocycles. The van der Waals surface area contributed by atoms with E-state index in [0.29, 0.717) is 22.8 Å². The molecule has 0 saturated heterocycles. The van der Waals surface area contributed by atoms with Gasteiger partial charge in [0, 0.05) is 12.1 Å². The van der Waals surface area contributed by atoms with E-state index in [9.17, 15) is 4.79 Å². The fourth-order valence-electron chi connectivity index (χ4n) is 2.63. The van der Waals surface area contributed by atoms with Gasteiger partial charge in [-0.15, -0.1) is 0 Å². The van der Waals surface area contributed by atoms with Gasteiger partial charge in [0.25, 0.3) is 5.91 Å². The van der Waals surface area contributed by atoms with Crippen LogP contribution >= 0.6 is 0 Å². The van der Waals surface area contributed by atoms with E-state index in [1.165, 1.54) is 21.3 Å². The molecule has 0 unspecified atom stereocenters. The molecular formula is C19H23NO4. The summed E-state index contributed by atoms with van der Waals surface area (Å²) in [5.74, 6) is 1.19. The van der Waals surface area contributed by atoms with Crippen molar-refractivity contribution in [3.05, 3.63) is 53.1 Å². The van der Waals surface area contributed by atoms with Crippen LogP contribution in [0.15, 0.2) is 36.4 Å². The number of rotatable bonds is 6. The smallest absolute Gasteiger partial charge is 0.255 e. The van der Waals surface area contributed by atoms with Gasteiger partial charge >= 0.3 is 0 Å². The molecule has 0 aliphatic rings. The molecule has 0 heterocycles. The average molecular weight is 329 g/mol. The minimum atomic E-state index is -0.233. The number of nitrogens with one attached hydrogen (secondary N) is 1. The van der Waals surface area contributed by atoms with Gasteiger partial charge in [0.2, 0.25) is 0 Å². The van der Waals surface area contributed by atoms with Gasteiger partial charge in [-0.3, -0.25) is 4.79 Å². The first-order chi connectivity index (χ1) is 11.5. The third-order valence-corrected chi connectivity index (χ3v) is 3.95. The number of hydrogen-bond acceptors (Lipinski definition) is 4. The van der Waals surface area contributed by atoms with Crippen molar-refractivity contribution in [2.45, 2.75) is 19.9 Å². The zero-order valence-electron chi connectivity index (χ0n) is 14.7. The molecule has 0 radical (unpaired) electrons. The Bertz CT molecular complexity index is 727. The molecule has 0 fully saturated rings. The predicted octanol–water partition coefficient (Wildman–Crippen LogP) is 3.51. The third kappa shape index (κ3) is 3.62. The molecule has 128 valence electrons. The molecule has 0 spiro atoms. The molecule has 1 amide bonds. The predicted molar refractivity (Wildman–Crippen MR) is 93.2 cm³/mol. The van der Waals surface area contributed by atoms with Crippen LogP contribution in [-0.2, 0) is 0 Å². The molecule has 5 heteroatoms. The largest absolute Gasteiger partial charge is 0.496 e. The minimum Gasteiger partial charge on any atom is -0.496 e. The van der Waals surface area contributed by atoms with Crippen LogP contribution in [0.4, 0.5) is 0 Å². The summed E-state index contributed by atoms with van der Waals surface area (Å²) in [6.07, 6.45) is 0. The van der Waals surface area contributed by atoms with Crippen molar-refractivity contribution in [3.63, 3.8) is 0 Å². The summed E-state index contributed by atoms with van der Waals surface area (Å²) in [6.45, 7) is 3.97. The fourth-order valence-corrected chi connectivity index (χ4v) is 2.63. The van der Waals surface area contributed by atoms with Crippen LogP contribution in [0.1, 0.15) is 34.5 Å². The Morgan fingerprint density at radius 3 is 2.12 bits per heavy atom.